The number of rotatable bonds is 4. The SMILES string of the molecule is Cc1ccc(S(N)(=O)=O)cc1NS(=O)(=O)c1ccc(Br)cc1. The van der Waals surface area contributed by atoms with E-state index in [1.165, 1.54) is 30.3 Å². The van der Waals surface area contributed by atoms with Gasteiger partial charge in [-0.05, 0) is 48.9 Å². The lowest BCUT2D eigenvalue weighted by atomic mass is 10.2. The molecule has 0 amide bonds. The molecule has 6 nitrogen and oxygen atoms in total. The van der Waals surface area contributed by atoms with Gasteiger partial charge in [0.2, 0.25) is 10.0 Å². The molecule has 0 aliphatic heterocycles. The third-order valence-electron chi connectivity index (χ3n) is 2.91. The summed E-state index contributed by atoms with van der Waals surface area (Å²) < 4.78 is 50.5. The molecule has 118 valence electrons. The van der Waals surface area contributed by atoms with Crippen LogP contribution < -0.4 is 9.86 Å². The van der Waals surface area contributed by atoms with Crippen molar-refractivity contribution in [2.45, 2.75) is 16.7 Å². The minimum atomic E-state index is -3.91. The van der Waals surface area contributed by atoms with E-state index in [0.717, 1.165) is 4.47 Å². The van der Waals surface area contributed by atoms with Gasteiger partial charge in [0.15, 0.2) is 0 Å². The maximum absolute atomic E-state index is 12.3. The number of halogens is 1. The largest absolute Gasteiger partial charge is 0.279 e. The molecule has 0 unspecified atom stereocenters. The van der Waals surface area contributed by atoms with Gasteiger partial charge in [-0.25, -0.2) is 22.0 Å². The second-order valence-corrected chi connectivity index (χ2v) is 8.74. The highest BCUT2D eigenvalue weighted by atomic mass is 79.9. The van der Waals surface area contributed by atoms with Crippen LogP contribution in [0.3, 0.4) is 0 Å². The van der Waals surface area contributed by atoms with E-state index in [2.05, 4.69) is 20.7 Å². The molecule has 0 aliphatic carbocycles. The number of primary sulfonamides is 1. The van der Waals surface area contributed by atoms with Crippen molar-refractivity contribution in [2.75, 3.05) is 4.72 Å². The molecule has 0 aliphatic rings. The molecule has 9 heteroatoms. The summed E-state index contributed by atoms with van der Waals surface area (Å²) in [5.41, 5.74) is 0.738. The average molecular weight is 405 g/mol. The molecule has 0 saturated heterocycles. The number of benzene rings is 2. The van der Waals surface area contributed by atoms with E-state index in [1.807, 2.05) is 0 Å². The van der Waals surface area contributed by atoms with Crippen LogP contribution in [-0.4, -0.2) is 16.8 Å². The van der Waals surface area contributed by atoms with Crippen molar-refractivity contribution in [3.63, 3.8) is 0 Å². The van der Waals surface area contributed by atoms with Crippen molar-refractivity contribution >= 4 is 41.7 Å². The number of nitrogens with two attached hydrogens (primary N) is 1. The fourth-order valence-electron chi connectivity index (χ4n) is 1.71. The summed E-state index contributed by atoms with van der Waals surface area (Å²) in [5.74, 6) is 0. The highest BCUT2D eigenvalue weighted by molar-refractivity contribution is 9.10. The number of anilines is 1. The molecule has 0 bridgehead atoms. The molecule has 2 aromatic rings. The van der Waals surface area contributed by atoms with E-state index in [-0.39, 0.29) is 15.5 Å². The molecule has 0 saturated carbocycles. The second-order valence-electron chi connectivity index (χ2n) is 4.58. The summed E-state index contributed by atoms with van der Waals surface area (Å²) in [4.78, 5) is -0.0947. The van der Waals surface area contributed by atoms with Gasteiger partial charge in [-0.2, -0.15) is 0 Å². The number of hydrogen-bond donors (Lipinski definition) is 2. The van der Waals surface area contributed by atoms with Crippen LogP contribution in [0.1, 0.15) is 5.56 Å². The normalized spacial score (nSPS) is 12.1. The first-order chi connectivity index (χ1) is 10.1. The highest BCUT2D eigenvalue weighted by Crippen LogP contribution is 2.23. The number of nitrogens with one attached hydrogen (secondary N) is 1. The lowest BCUT2D eigenvalue weighted by molar-refractivity contribution is 0.596. The van der Waals surface area contributed by atoms with E-state index >= 15 is 0 Å². The molecular weight excluding hydrogens is 392 g/mol. The molecular formula is C13H13BrN2O4S2. The Morgan fingerprint density at radius 1 is 0.955 bits per heavy atom. The van der Waals surface area contributed by atoms with Gasteiger partial charge in [0, 0.05) is 4.47 Å². The second kappa shape index (κ2) is 5.99. The zero-order valence-electron chi connectivity index (χ0n) is 11.4. The van der Waals surface area contributed by atoms with Crippen LogP contribution in [0.2, 0.25) is 0 Å². The Bertz CT molecular complexity index is 908. The monoisotopic (exact) mass is 404 g/mol. The Morgan fingerprint density at radius 3 is 2.05 bits per heavy atom. The van der Waals surface area contributed by atoms with E-state index in [9.17, 15) is 16.8 Å². The molecule has 0 radical (unpaired) electrons. The molecule has 2 aromatic carbocycles. The van der Waals surface area contributed by atoms with Gasteiger partial charge in [0.25, 0.3) is 10.0 Å². The summed E-state index contributed by atoms with van der Waals surface area (Å²) in [6.07, 6.45) is 0. The number of hydrogen-bond acceptors (Lipinski definition) is 4. The standard InChI is InChI=1S/C13H13BrN2O4S2/c1-9-2-5-12(21(15,17)18)8-13(9)16-22(19,20)11-6-3-10(14)4-7-11/h2-8,16H,1H3,(H2,15,17,18). The molecule has 0 aromatic heterocycles. The van der Waals surface area contributed by atoms with Gasteiger partial charge >= 0.3 is 0 Å². The Labute approximate surface area is 137 Å². The number of aryl methyl sites for hydroxylation is 1. The fourth-order valence-corrected chi connectivity index (χ4v) is 3.63. The predicted molar refractivity (Wildman–Crippen MR) is 87.5 cm³/mol. The van der Waals surface area contributed by atoms with Gasteiger partial charge in [0.1, 0.15) is 0 Å². The van der Waals surface area contributed by atoms with Gasteiger partial charge < -0.3 is 0 Å². The van der Waals surface area contributed by atoms with Crippen molar-refractivity contribution in [1.82, 2.24) is 0 Å². The maximum atomic E-state index is 12.3. The zero-order chi connectivity index (χ0) is 16.5. The summed E-state index contributed by atoms with van der Waals surface area (Å²) in [5, 5.41) is 5.06. The maximum Gasteiger partial charge on any atom is 0.261 e. The molecule has 0 atom stereocenters. The summed E-state index contributed by atoms with van der Waals surface area (Å²) in [7, 11) is -7.73. The third kappa shape index (κ3) is 3.86. The van der Waals surface area contributed by atoms with Gasteiger partial charge in [-0.1, -0.05) is 22.0 Å². The molecule has 0 spiro atoms. The number of sulfonamides is 2. The van der Waals surface area contributed by atoms with Crippen molar-refractivity contribution < 1.29 is 16.8 Å². The summed E-state index contributed by atoms with van der Waals surface area (Å²) >= 11 is 3.23. The van der Waals surface area contributed by atoms with Crippen LogP contribution in [0.4, 0.5) is 5.69 Å². The fraction of sp³-hybridized carbons (Fsp3) is 0.0769. The van der Waals surface area contributed by atoms with Gasteiger partial charge in [-0.15, -0.1) is 0 Å². The lowest BCUT2D eigenvalue weighted by Gasteiger charge is -2.12. The summed E-state index contributed by atoms with van der Waals surface area (Å²) in [6.45, 7) is 1.66. The molecule has 0 heterocycles. The molecule has 22 heavy (non-hydrogen) atoms. The van der Waals surface area contributed by atoms with Crippen molar-refractivity contribution in [1.29, 1.82) is 0 Å². The highest BCUT2D eigenvalue weighted by Gasteiger charge is 2.17. The van der Waals surface area contributed by atoms with Crippen LogP contribution in [0.5, 0.6) is 0 Å². The Hall–Kier alpha value is -1.42. The predicted octanol–water partition coefficient (Wildman–Crippen LogP) is 2.21. The smallest absolute Gasteiger partial charge is 0.261 e. The van der Waals surface area contributed by atoms with Gasteiger partial charge in [-0.3, -0.25) is 4.72 Å². The van der Waals surface area contributed by atoms with Crippen molar-refractivity contribution in [2.24, 2.45) is 5.14 Å². The van der Waals surface area contributed by atoms with E-state index < -0.39 is 20.0 Å². The van der Waals surface area contributed by atoms with Crippen LogP contribution in [0.15, 0.2) is 56.7 Å². The average Bonchev–Trinajstić information content (AvgIpc) is 2.40. The molecule has 3 N–H and O–H groups in total. The first-order valence-corrected chi connectivity index (χ1v) is 9.84. The Kier molecular flexibility index (Phi) is 4.62. The molecule has 2 rings (SSSR count). The van der Waals surface area contributed by atoms with Crippen LogP contribution in [0, 0.1) is 6.92 Å². The van der Waals surface area contributed by atoms with E-state index in [0.29, 0.717) is 5.56 Å². The lowest BCUT2D eigenvalue weighted by Crippen LogP contribution is -2.16. The topological polar surface area (TPSA) is 106 Å². The van der Waals surface area contributed by atoms with Crippen molar-refractivity contribution in [3.8, 4) is 0 Å². The summed E-state index contributed by atoms with van der Waals surface area (Å²) in [6, 6.07) is 10.1. The first kappa shape index (κ1) is 16.9. The quantitative estimate of drug-likeness (QED) is 0.813. The van der Waals surface area contributed by atoms with E-state index in [4.69, 9.17) is 5.14 Å². The van der Waals surface area contributed by atoms with Crippen molar-refractivity contribution in [3.05, 3.63) is 52.5 Å². The van der Waals surface area contributed by atoms with Gasteiger partial charge in [0.05, 0.1) is 15.5 Å². The van der Waals surface area contributed by atoms with Crippen LogP contribution in [0.25, 0.3) is 0 Å². The van der Waals surface area contributed by atoms with Crippen LogP contribution in [-0.2, 0) is 20.0 Å². The first-order valence-electron chi connectivity index (χ1n) is 6.01. The third-order valence-corrected chi connectivity index (χ3v) is 5.73. The van der Waals surface area contributed by atoms with E-state index in [1.54, 1.807) is 19.1 Å². The van der Waals surface area contributed by atoms with Crippen LogP contribution >= 0.6 is 15.9 Å². The minimum absolute atomic E-state index is 0.0658. The Morgan fingerprint density at radius 2 is 1.50 bits per heavy atom. The zero-order valence-corrected chi connectivity index (χ0v) is 14.7. The molecule has 0 fully saturated rings. The Balaban J connectivity index is 2.43. The minimum Gasteiger partial charge on any atom is -0.279 e.